The first kappa shape index (κ1) is 12.8. The van der Waals surface area contributed by atoms with E-state index in [1.54, 1.807) is 7.05 Å². The van der Waals surface area contributed by atoms with Gasteiger partial charge in [-0.25, -0.2) is 0 Å². The zero-order chi connectivity index (χ0) is 13.0. The molecule has 1 saturated heterocycles. The summed E-state index contributed by atoms with van der Waals surface area (Å²) in [5.74, 6) is 1.67. The zero-order valence-electron chi connectivity index (χ0n) is 10.8. The molecule has 0 saturated carbocycles. The predicted molar refractivity (Wildman–Crippen MR) is 71.7 cm³/mol. The molecule has 0 aliphatic carbocycles. The summed E-state index contributed by atoms with van der Waals surface area (Å²) >= 11 is 0. The van der Waals surface area contributed by atoms with Crippen LogP contribution in [0.2, 0.25) is 0 Å². The Kier molecular flexibility index (Phi) is 4.16. The molecule has 0 amide bonds. The van der Waals surface area contributed by atoms with E-state index in [1.165, 1.54) is 0 Å². The normalized spacial score (nSPS) is 20.7. The Morgan fingerprint density at radius 2 is 2.28 bits per heavy atom. The van der Waals surface area contributed by atoms with Crippen molar-refractivity contribution in [3.8, 4) is 0 Å². The van der Waals surface area contributed by atoms with Gasteiger partial charge in [0.25, 0.3) is 0 Å². The van der Waals surface area contributed by atoms with Crippen LogP contribution in [-0.4, -0.2) is 61.3 Å². The van der Waals surface area contributed by atoms with Crippen LogP contribution >= 0.6 is 0 Å². The van der Waals surface area contributed by atoms with E-state index in [0.29, 0.717) is 18.2 Å². The van der Waals surface area contributed by atoms with Crippen LogP contribution in [0.5, 0.6) is 0 Å². The van der Waals surface area contributed by atoms with E-state index in [9.17, 15) is 0 Å². The number of nitrogens with one attached hydrogen (secondary N) is 2. The molecule has 0 spiro atoms. The summed E-state index contributed by atoms with van der Waals surface area (Å²) in [5, 5.41) is 6.17. The van der Waals surface area contributed by atoms with Gasteiger partial charge in [-0.05, 0) is 7.05 Å². The standard InChI is InChI=1S/C11H20N6O/c1-13-9-5-10(16-11(12)15-9)14-6-8-7-17(2)3-4-18-8/h5,8H,3-4,6-7H2,1-2H3,(H4,12,13,14,15,16). The fraction of sp³-hybridized carbons (Fsp3) is 0.636. The average Bonchev–Trinajstić information content (AvgIpc) is 2.36. The molecule has 2 heterocycles. The third kappa shape index (κ3) is 3.44. The van der Waals surface area contributed by atoms with Gasteiger partial charge >= 0.3 is 0 Å². The Bertz CT molecular complexity index is 399. The summed E-state index contributed by atoms with van der Waals surface area (Å²) in [6.45, 7) is 3.40. The number of anilines is 3. The lowest BCUT2D eigenvalue weighted by Crippen LogP contribution is -2.43. The fourth-order valence-corrected chi connectivity index (χ4v) is 1.89. The minimum Gasteiger partial charge on any atom is -0.374 e. The molecule has 1 unspecified atom stereocenters. The first-order valence-electron chi connectivity index (χ1n) is 6.03. The van der Waals surface area contributed by atoms with E-state index in [0.717, 1.165) is 19.7 Å². The second kappa shape index (κ2) is 5.83. The highest BCUT2D eigenvalue weighted by Gasteiger charge is 2.17. The Labute approximate surface area is 107 Å². The van der Waals surface area contributed by atoms with Gasteiger partial charge in [0.1, 0.15) is 11.6 Å². The van der Waals surface area contributed by atoms with Crippen LogP contribution < -0.4 is 16.4 Å². The van der Waals surface area contributed by atoms with Gasteiger partial charge in [-0.2, -0.15) is 9.97 Å². The number of ether oxygens (including phenoxy) is 1. The zero-order valence-corrected chi connectivity index (χ0v) is 10.8. The van der Waals surface area contributed by atoms with Gasteiger partial charge < -0.3 is 26.0 Å². The molecule has 2 rings (SSSR count). The van der Waals surface area contributed by atoms with Crippen LogP contribution in [0.1, 0.15) is 0 Å². The molecule has 1 atom stereocenters. The van der Waals surface area contributed by atoms with Gasteiger partial charge in [-0.1, -0.05) is 0 Å². The molecule has 7 heteroatoms. The summed E-state index contributed by atoms with van der Waals surface area (Å²) in [4.78, 5) is 10.4. The molecule has 18 heavy (non-hydrogen) atoms. The fourth-order valence-electron chi connectivity index (χ4n) is 1.89. The molecule has 7 nitrogen and oxygen atoms in total. The molecule has 1 fully saturated rings. The second-order valence-corrected chi connectivity index (χ2v) is 4.38. The Balaban J connectivity index is 1.91. The van der Waals surface area contributed by atoms with Gasteiger partial charge in [0, 0.05) is 32.7 Å². The lowest BCUT2D eigenvalue weighted by atomic mass is 10.3. The van der Waals surface area contributed by atoms with Gasteiger partial charge in [0.15, 0.2) is 0 Å². The van der Waals surface area contributed by atoms with Crippen molar-refractivity contribution >= 4 is 17.6 Å². The van der Waals surface area contributed by atoms with Crippen molar-refractivity contribution in [2.24, 2.45) is 0 Å². The van der Waals surface area contributed by atoms with Crippen LogP contribution in [-0.2, 0) is 4.74 Å². The van der Waals surface area contributed by atoms with E-state index >= 15 is 0 Å². The van der Waals surface area contributed by atoms with Crippen molar-refractivity contribution in [2.75, 3.05) is 56.7 Å². The maximum Gasteiger partial charge on any atom is 0.223 e. The third-order valence-electron chi connectivity index (χ3n) is 2.85. The number of hydrogen-bond acceptors (Lipinski definition) is 7. The molecule has 1 aromatic heterocycles. The number of nitrogens with two attached hydrogens (primary N) is 1. The number of nitrogen functional groups attached to an aromatic ring is 1. The minimum absolute atomic E-state index is 0.179. The minimum atomic E-state index is 0.179. The summed E-state index contributed by atoms with van der Waals surface area (Å²) in [7, 11) is 3.89. The molecule has 1 aliphatic rings. The largest absolute Gasteiger partial charge is 0.374 e. The quantitative estimate of drug-likeness (QED) is 0.686. The first-order valence-corrected chi connectivity index (χ1v) is 6.03. The van der Waals surface area contributed by atoms with Crippen LogP contribution in [0.3, 0.4) is 0 Å². The molecule has 1 aliphatic heterocycles. The summed E-state index contributed by atoms with van der Waals surface area (Å²) in [6.07, 6.45) is 0.179. The summed E-state index contributed by atoms with van der Waals surface area (Å²) in [6, 6.07) is 1.82. The summed E-state index contributed by atoms with van der Waals surface area (Å²) < 4.78 is 5.66. The van der Waals surface area contributed by atoms with Gasteiger partial charge in [0.2, 0.25) is 5.95 Å². The van der Waals surface area contributed by atoms with Crippen molar-refractivity contribution in [3.05, 3.63) is 6.07 Å². The van der Waals surface area contributed by atoms with Crippen molar-refractivity contribution in [1.82, 2.24) is 14.9 Å². The van der Waals surface area contributed by atoms with Crippen molar-refractivity contribution in [2.45, 2.75) is 6.10 Å². The maximum atomic E-state index is 5.66. The number of aromatic nitrogens is 2. The Hall–Kier alpha value is -1.60. The lowest BCUT2D eigenvalue weighted by molar-refractivity contribution is -0.0117. The van der Waals surface area contributed by atoms with Crippen molar-refractivity contribution < 1.29 is 4.74 Å². The van der Waals surface area contributed by atoms with Crippen molar-refractivity contribution in [3.63, 3.8) is 0 Å². The smallest absolute Gasteiger partial charge is 0.223 e. The van der Waals surface area contributed by atoms with E-state index in [-0.39, 0.29) is 12.1 Å². The highest BCUT2D eigenvalue weighted by Crippen LogP contribution is 2.12. The van der Waals surface area contributed by atoms with Gasteiger partial charge in [-0.15, -0.1) is 0 Å². The van der Waals surface area contributed by atoms with Crippen LogP contribution in [0.25, 0.3) is 0 Å². The molecule has 4 N–H and O–H groups in total. The van der Waals surface area contributed by atoms with Gasteiger partial charge in [0.05, 0.1) is 12.7 Å². The highest BCUT2D eigenvalue weighted by atomic mass is 16.5. The van der Waals surface area contributed by atoms with E-state index in [2.05, 4.69) is 32.5 Å². The molecule has 1 aromatic rings. The maximum absolute atomic E-state index is 5.66. The molecule has 0 radical (unpaired) electrons. The highest BCUT2D eigenvalue weighted by molar-refractivity contribution is 5.50. The van der Waals surface area contributed by atoms with Crippen molar-refractivity contribution in [1.29, 1.82) is 0 Å². The Morgan fingerprint density at radius 3 is 3.00 bits per heavy atom. The molecule has 0 bridgehead atoms. The van der Waals surface area contributed by atoms with Crippen LogP contribution in [0, 0.1) is 0 Å². The number of hydrogen-bond donors (Lipinski definition) is 3. The topological polar surface area (TPSA) is 88.3 Å². The predicted octanol–water partition coefficient (Wildman–Crippen LogP) is -0.157. The second-order valence-electron chi connectivity index (χ2n) is 4.38. The Morgan fingerprint density at radius 1 is 1.50 bits per heavy atom. The monoisotopic (exact) mass is 252 g/mol. The number of nitrogens with zero attached hydrogens (tertiary/aromatic N) is 3. The lowest BCUT2D eigenvalue weighted by Gasteiger charge is -2.30. The molecular weight excluding hydrogens is 232 g/mol. The molecule has 0 aromatic carbocycles. The van der Waals surface area contributed by atoms with Crippen LogP contribution in [0.15, 0.2) is 6.07 Å². The number of rotatable bonds is 4. The average molecular weight is 252 g/mol. The number of morpholine rings is 1. The first-order chi connectivity index (χ1) is 8.67. The summed E-state index contributed by atoms with van der Waals surface area (Å²) in [5.41, 5.74) is 5.62. The van der Waals surface area contributed by atoms with E-state index in [4.69, 9.17) is 10.5 Å². The van der Waals surface area contributed by atoms with Crippen LogP contribution in [0.4, 0.5) is 17.6 Å². The van der Waals surface area contributed by atoms with E-state index < -0.39 is 0 Å². The molecular formula is C11H20N6O. The number of likely N-dealkylation sites (N-methyl/N-ethyl adjacent to an activating group) is 1. The molecule has 100 valence electrons. The van der Waals surface area contributed by atoms with E-state index in [1.807, 2.05) is 6.07 Å². The third-order valence-corrected chi connectivity index (χ3v) is 2.85. The van der Waals surface area contributed by atoms with Gasteiger partial charge in [-0.3, -0.25) is 0 Å². The SMILES string of the molecule is CNc1cc(NCC2CN(C)CCO2)nc(N)n1.